The average molecular weight is 567 g/mol. The van der Waals surface area contributed by atoms with Gasteiger partial charge in [-0.25, -0.2) is 9.37 Å². The van der Waals surface area contributed by atoms with Gasteiger partial charge in [-0.3, -0.25) is 4.57 Å². The number of hydrogen-bond donors (Lipinski definition) is 1. The van der Waals surface area contributed by atoms with Crippen molar-refractivity contribution in [2.24, 2.45) is 0 Å². The molecule has 2 aromatic rings. The topological polar surface area (TPSA) is 97.3 Å². The fraction of sp³-hybridized carbons (Fsp3) is 0.773. The molecular formula is C22H38Cl2FN5O3Si2. The molecular weight excluding hydrogens is 528 g/mol. The van der Waals surface area contributed by atoms with Crippen LogP contribution in [0.5, 0.6) is 0 Å². The first-order chi connectivity index (χ1) is 15.7. The third-order valence-corrected chi connectivity index (χ3v) is 17.3. The molecule has 2 N–H and O–H groups in total. The molecule has 0 aliphatic carbocycles. The standard InChI is InChI=1S/C22H38Cl2FN5O3Si2/c1-20(2,3)34(7,8)31-11-13-15(33-35(9,10)21(4,5)6)22(24,25)18(32-13)30-12-27-14-16(23)28-19(26)29-17(14)30/h12-13,15,18H,11H2,1-10H3,(H2,26,28,29)/t13-,15-,18-,22-/m1/s1. The minimum absolute atomic E-state index is 0.0275. The third kappa shape index (κ3) is 5.41. The van der Waals surface area contributed by atoms with Gasteiger partial charge in [0.25, 0.3) is 5.13 Å². The lowest BCUT2D eigenvalue weighted by atomic mass is 10.1. The van der Waals surface area contributed by atoms with E-state index in [1.54, 1.807) is 0 Å². The van der Waals surface area contributed by atoms with Gasteiger partial charge < -0.3 is 19.3 Å². The van der Waals surface area contributed by atoms with E-state index >= 15 is 4.39 Å². The summed E-state index contributed by atoms with van der Waals surface area (Å²) < 4.78 is 37.2. The Morgan fingerprint density at radius 2 is 1.69 bits per heavy atom. The lowest BCUT2D eigenvalue weighted by molar-refractivity contribution is -0.0451. The second kappa shape index (κ2) is 9.18. The van der Waals surface area contributed by atoms with Gasteiger partial charge in [0.2, 0.25) is 5.95 Å². The number of nitrogen functional groups attached to an aromatic ring is 1. The first kappa shape index (κ1) is 28.7. The molecule has 35 heavy (non-hydrogen) atoms. The largest absolute Gasteiger partial charge is 0.414 e. The van der Waals surface area contributed by atoms with Gasteiger partial charge in [-0.2, -0.15) is 9.97 Å². The fourth-order valence-corrected chi connectivity index (χ4v) is 6.28. The molecule has 1 fully saturated rings. The van der Waals surface area contributed by atoms with Crippen molar-refractivity contribution in [3.8, 4) is 0 Å². The predicted octanol–water partition coefficient (Wildman–Crippen LogP) is 6.28. The van der Waals surface area contributed by atoms with E-state index in [1.165, 1.54) is 10.9 Å². The summed E-state index contributed by atoms with van der Waals surface area (Å²) >= 11 is 12.8. The molecule has 0 aromatic carbocycles. The zero-order valence-corrected chi connectivity index (χ0v) is 25.8. The first-order valence-electron chi connectivity index (χ1n) is 11.7. The lowest BCUT2D eigenvalue weighted by Crippen LogP contribution is -2.52. The number of imidazole rings is 1. The van der Waals surface area contributed by atoms with E-state index in [9.17, 15) is 0 Å². The van der Waals surface area contributed by atoms with Crippen LogP contribution < -0.4 is 5.73 Å². The molecule has 2 aromatic heterocycles. The molecule has 0 saturated carbocycles. The monoisotopic (exact) mass is 565 g/mol. The van der Waals surface area contributed by atoms with Gasteiger partial charge in [0.1, 0.15) is 17.7 Å². The van der Waals surface area contributed by atoms with Crippen molar-refractivity contribution in [3.05, 3.63) is 11.5 Å². The van der Waals surface area contributed by atoms with E-state index in [-0.39, 0.29) is 38.9 Å². The highest BCUT2D eigenvalue weighted by molar-refractivity contribution is 6.74. The molecule has 0 amide bonds. The van der Waals surface area contributed by atoms with Crippen LogP contribution in [0.25, 0.3) is 11.2 Å². The molecule has 1 aliphatic rings. The van der Waals surface area contributed by atoms with Crippen LogP contribution in [0.2, 0.25) is 41.4 Å². The van der Waals surface area contributed by atoms with Crippen LogP contribution in [-0.2, 0) is 13.6 Å². The summed E-state index contributed by atoms with van der Waals surface area (Å²) in [6.07, 6.45) is -1.74. The molecule has 13 heteroatoms. The van der Waals surface area contributed by atoms with E-state index < -0.39 is 40.2 Å². The summed E-state index contributed by atoms with van der Waals surface area (Å²) in [6.45, 7) is 21.2. The number of aromatic nitrogens is 4. The molecule has 0 bridgehead atoms. The number of nitrogens with zero attached hydrogens (tertiary/aromatic N) is 4. The van der Waals surface area contributed by atoms with Crippen molar-refractivity contribution < 1.29 is 18.0 Å². The zero-order valence-electron chi connectivity index (χ0n) is 22.2. The second-order valence-electron chi connectivity index (χ2n) is 12.3. The number of fused-ring (bicyclic) bond motifs is 1. The Morgan fingerprint density at radius 3 is 2.23 bits per heavy atom. The predicted molar refractivity (Wildman–Crippen MR) is 144 cm³/mol. The number of rotatable bonds is 6. The summed E-state index contributed by atoms with van der Waals surface area (Å²) in [5.41, 5.74) is 6.30. The quantitative estimate of drug-likeness (QED) is 0.250. The summed E-state index contributed by atoms with van der Waals surface area (Å²) in [5, 5.41) is -2.56. The molecule has 198 valence electrons. The molecule has 3 heterocycles. The number of anilines is 1. The normalized spacial score (nSPS) is 26.6. The van der Waals surface area contributed by atoms with Crippen LogP contribution in [0, 0.1) is 0 Å². The maximum absolute atomic E-state index is 16.6. The molecule has 3 rings (SSSR count). The molecule has 8 nitrogen and oxygen atoms in total. The van der Waals surface area contributed by atoms with Gasteiger partial charge in [0.15, 0.2) is 33.7 Å². The molecule has 0 radical (unpaired) electrons. The maximum Gasteiger partial charge on any atom is 0.255 e. The number of ether oxygens (including phenoxy) is 1. The van der Waals surface area contributed by atoms with Gasteiger partial charge in [-0.05, 0) is 36.3 Å². The number of nitrogens with two attached hydrogens (primary N) is 1. The van der Waals surface area contributed by atoms with Crippen molar-refractivity contribution in [3.63, 3.8) is 0 Å². The van der Waals surface area contributed by atoms with Crippen LogP contribution in [0.15, 0.2) is 6.33 Å². The van der Waals surface area contributed by atoms with Gasteiger partial charge >= 0.3 is 0 Å². The highest BCUT2D eigenvalue weighted by atomic mass is 35.5. The van der Waals surface area contributed by atoms with Crippen molar-refractivity contribution >= 4 is 56.9 Å². The smallest absolute Gasteiger partial charge is 0.255 e. The third-order valence-electron chi connectivity index (χ3n) is 7.64. The van der Waals surface area contributed by atoms with E-state index in [1.807, 2.05) is 0 Å². The Labute approximate surface area is 219 Å². The molecule has 4 atom stereocenters. The Hall–Kier alpha value is -0.826. The second-order valence-corrected chi connectivity index (χ2v) is 22.8. The minimum Gasteiger partial charge on any atom is -0.414 e. The Bertz CT molecular complexity index is 1090. The van der Waals surface area contributed by atoms with Crippen LogP contribution in [0.1, 0.15) is 47.8 Å². The van der Waals surface area contributed by atoms with E-state index in [0.717, 1.165) is 0 Å². The number of hydrogen-bond acceptors (Lipinski definition) is 7. The van der Waals surface area contributed by atoms with Crippen LogP contribution in [0.3, 0.4) is 0 Å². The Balaban J connectivity index is 2.04. The van der Waals surface area contributed by atoms with Crippen LogP contribution in [0.4, 0.5) is 10.3 Å². The van der Waals surface area contributed by atoms with Gasteiger partial charge in [0, 0.05) is 0 Å². The molecule has 1 saturated heterocycles. The van der Waals surface area contributed by atoms with Crippen molar-refractivity contribution in [1.82, 2.24) is 19.5 Å². The SMILES string of the molecule is CC(C)(C)[Si](C)(C)OC[C@H]1O[C@@H](n2cnc3c(Cl)nc(N)nc32)[C@@](F)(Cl)[C@@H]1O[Si](C)(C)C(C)(C)C. The minimum atomic E-state index is -2.44. The van der Waals surface area contributed by atoms with Crippen LogP contribution >= 0.6 is 23.2 Å². The highest BCUT2D eigenvalue weighted by Gasteiger charge is 2.61. The van der Waals surface area contributed by atoms with Crippen molar-refractivity contribution in [2.75, 3.05) is 12.3 Å². The van der Waals surface area contributed by atoms with E-state index in [0.29, 0.717) is 0 Å². The fourth-order valence-electron chi connectivity index (χ4n) is 3.32. The molecule has 0 unspecified atom stereocenters. The summed E-state index contributed by atoms with van der Waals surface area (Å²) in [6, 6.07) is 0. The zero-order chi connectivity index (χ0) is 26.8. The maximum atomic E-state index is 16.6. The summed E-state index contributed by atoms with van der Waals surface area (Å²) in [5.74, 6) is -0.0619. The Morgan fingerprint density at radius 1 is 1.11 bits per heavy atom. The lowest BCUT2D eigenvalue weighted by Gasteiger charge is -2.41. The van der Waals surface area contributed by atoms with Gasteiger partial charge in [0.05, 0.1) is 12.9 Å². The van der Waals surface area contributed by atoms with E-state index in [4.69, 9.17) is 42.5 Å². The Kier molecular flexibility index (Phi) is 7.54. The first-order valence-corrected chi connectivity index (χ1v) is 18.3. The van der Waals surface area contributed by atoms with Gasteiger partial charge in [-0.1, -0.05) is 64.7 Å². The summed E-state index contributed by atoms with van der Waals surface area (Å²) in [4.78, 5) is 12.4. The van der Waals surface area contributed by atoms with Crippen LogP contribution in [-0.4, -0.2) is 60.1 Å². The van der Waals surface area contributed by atoms with Crippen molar-refractivity contribution in [2.45, 2.75) is 101 Å². The van der Waals surface area contributed by atoms with Gasteiger partial charge in [-0.15, -0.1) is 0 Å². The number of alkyl halides is 2. The molecule has 1 aliphatic heterocycles. The van der Waals surface area contributed by atoms with E-state index in [2.05, 4.69) is 82.7 Å². The average Bonchev–Trinajstić information content (AvgIpc) is 3.17. The molecule has 0 spiro atoms. The van der Waals surface area contributed by atoms with Crippen molar-refractivity contribution in [1.29, 1.82) is 0 Å². The number of halogens is 3. The highest BCUT2D eigenvalue weighted by Crippen LogP contribution is 2.50. The summed E-state index contributed by atoms with van der Waals surface area (Å²) in [7, 11) is -4.59.